The minimum atomic E-state index is 0.733. The second kappa shape index (κ2) is 4.78. The summed E-state index contributed by atoms with van der Waals surface area (Å²) in [7, 11) is 0. The quantitative estimate of drug-likeness (QED) is 0.851. The highest BCUT2D eigenvalue weighted by Crippen LogP contribution is 2.34. The molecular formula is C13H18N2S. The van der Waals surface area contributed by atoms with Gasteiger partial charge in [0, 0.05) is 24.9 Å². The predicted octanol–water partition coefficient (Wildman–Crippen LogP) is 1.58. The first-order chi connectivity index (χ1) is 7.93. The van der Waals surface area contributed by atoms with Crippen molar-refractivity contribution in [1.29, 1.82) is 0 Å². The van der Waals surface area contributed by atoms with Crippen molar-refractivity contribution in [3.8, 4) is 0 Å². The maximum atomic E-state index is 3.68. The summed E-state index contributed by atoms with van der Waals surface area (Å²) in [6, 6.07) is 11.5. The van der Waals surface area contributed by atoms with Crippen molar-refractivity contribution in [2.75, 3.05) is 25.4 Å². The van der Waals surface area contributed by atoms with Gasteiger partial charge in [0.25, 0.3) is 0 Å². The molecule has 0 amide bonds. The standard InChI is InChI=1S/C13H18N2S/c1-2-4-11(5-3-1)6-7-14-12-10-15-8-9-16-13(12)15/h1-5,12-14H,6-10H2. The zero-order valence-electron chi connectivity index (χ0n) is 9.43. The van der Waals surface area contributed by atoms with Crippen LogP contribution in [0.1, 0.15) is 5.56 Å². The van der Waals surface area contributed by atoms with Crippen LogP contribution in [-0.2, 0) is 6.42 Å². The molecule has 0 saturated carbocycles. The highest BCUT2D eigenvalue weighted by Gasteiger charge is 2.41. The van der Waals surface area contributed by atoms with E-state index in [1.807, 2.05) is 0 Å². The van der Waals surface area contributed by atoms with Gasteiger partial charge in [0.2, 0.25) is 0 Å². The van der Waals surface area contributed by atoms with Crippen LogP contribution in [0.5, 0.6) is 0 Å². The number of hydrogen-bond acceptors (Lipinski definition) is 3. The largest absolute Gasteiger partial charge is 0.310 e. The molecule has 2 heterocycles. The first-order valence-corrected chi connectivity index (χ1v) is 7.11. The van der Waals surface area contributed by atoms with Crippen LogP contribution in [0.2, 0.25) is 0 Å². The third-order valence-corrected chi connectivity index (χ3v) is 4.85. The topological polar surface area (TPSA) is 15.3 Å². The summed E-state index contributed by atoms with van der Waals surface area (Å²) in [5.41, 5.74) is 1.44. The average Bonchev–Trinajstić information content (AvgIpc) is 2.67. The van der Waals surface area contributed by atoms with Crippen molar-refractivity contribution >= 4 is 11.8 Å². The fraction of sp³-hybridized carbons (Fsp3) is 0.538. The van der Waals surface area contributed by atoms with Gasteiger partial charge in [0.15, 0.2) is 0 Å². The molecule has 0 spiro atoms. The van der Waals surface area contributed by atoms with Crippen molar-refractivity contribution in [2.45, 2.75) is 17.8 Å². The molecule has 2 unspecified atom stereocenters. The van der Waals surface area contributed by atoms with Gasteiger partial charge in [-0.15, -0.1) is 11.8 Å². The molecular weight excluding hydrogens is 216 g/mol. The van der Waals surface area contributed by atoms with Gasteiger partial charge in [0.1, 0.15) is 0 Å². The van der Waals surface area contributed by atoms with Gasteiger partial charge < -0.3 is 5.32 Å². The molecule has 0 radical (unpaired) electrons. The molecule has 16 heavy (non-hydrogen) atoms. The van der Waals surface area contributed by atoms with Crippen LogP contribution in [0.15, 0.2) is 30.3 Å². The summed E-state index contributed by atoms with van der Waals surface area (Å²) in [6.45, 7) is 3.66. The van der Waals surface area contributed by atoms with Crippen molar-refractivity contribution in [1.82, 2.24) is 10.2 Å². The Morgan fingerprint density at radius 1 is 1.31 bits per heavy atom. The fourth-order valence-electron chi connectivity index (χ4n) is 2.51. The number of hydrogen-bond donors (Lipinski definition) is 1. The summed E-state index contributed by atoms with van der Waals surface area (Å²) in [5, 5.41) is 4.45. The number of thioether (sulfide) groups is 1. The lowest BCUT2D eigenvalue weighted by atomic mass is 10.1. The number of nitrogens with one attached hydrogen (secondary N) is 1. The van der Waals surface area contributed by atoms with Crippen LogP contribution >= 0.6 is 11.8 Å². The molecule has 86 valence electrons. The molecule has 0 aliphatic carbocycles. The Morgan fingerprint density at radius 3 is 3.00 bits per heavy atom. The molecule has 1 aromatic carbocycles. The molecule has 1 N–H and O–H groups in total. The maximum Gasteiger partial charge on any atom is 0.0726 e. The van der Waals surface area contributed by atoms with E-state index in [1.54, 1.807) is 0 Å². The number of fused-ring (bicyclic) bond motifs is 1. The van der Waals surface area contributed by atoms with E-state index in [0.29, 0.717) is 0 Å². The zero-order valence-corrected chi connectivity index (χ0v) is 10.2. The minimum Gasteiger partial charge on any atom is -0.310 e. The van der Waals surface area contributed by atoms with E-state index in [-0.39, 0.29) is 0 Å². The summed E-state index contributed by atoms with van der Waals surface area (Å²) < 4.78 is 0. The predicted molar refractivity (Wildman–Crippen MR) is 69.8 cm³/mol. The van der Waals surface area contributed by atoms with E-state index in [0.717, 1.165) is 24.4 Å². The van der Waals surface area contributed by atoms with Crippen molar-refractivity contribution in [2.24, 2.45) is 0 Å². The molecule has 3 heteroatoms. The Morgan fingerprint density at radius 2 is 2.19 bits per heavy atom. The fourth-order valence-corrected chi connectivity index (χ4v) is 3.90. The lowest BCUT2D eigenvalue weighted by molar-refractivity contribution is 0.122. The second-order valence-electron chi connectivity index (χ2n) is 4.55. The van der Waals surface area contributed by atoms with E-state index >= 15 is 0 Å². The molecule has 1 aromatic rings. The molecule has 2 fully saturated rings. The van der Waals surface area contributed by atoms with Crippen LogP contribution in [-0.4, -0.2) is 41.7 Å². The number of rotatable bonds is 4. The summed E-state index contributed by atoms with van der Waals surface area (Å²) in [5.74, 6) is 1.32. The Bertz CT molecular complexity index is 341. The second-order valence-corrected chi connectivity index (χ2v) is 5.78. The Kier molecular flexibility index (Phi) is 3.18. The van der Waals surface area contributed by atoms with Crippen molar-refractivity contribution in [3.63, 3.8) is 0 Å². The monoisotopic (exact) mass is 234 g/mol. The maximum absolute atomic E-state index is 3.68. The summed E-state index contributed by atoms with van der Waals surface area (Å²) >= 11 is 2.11. The third kappa shape index (κ3) is 2.12. The van der Waals surface area contributed by atoms with E-state index < -0.39 is 0 Å². The number of nitrogens with zero attached hydrogens (tertiary/aromatic N) is 1. The molecule has 0 bridgehead atoms. The lowest BCUT2D eigenvalue weighted by Gasteiger charge is -2.43. The zero-order chi connectivity index (χ0) is 10.8. The van der Waals surface area contributed by atoms with Gasteiger partial charge >= 0.3 is 0 Å². The summed E-state index contributed by atoms with van der Waals surface area (Å²) in [6.07, 6.45) is 1.15. The number of benzene rings is 1. The Balaban J connectivity index is 1.41. The molecule has 2 saturated heterocycles. The van der Waals surface area contributed by atoms with Crippen molar-refractivity contribution in [3.05, 3.63) is 35.9 Å². The average molecular weight is 234 g/mol. The molecule has 3 rings (SSSR count). The van der Waals surface area contributed by atoms with Crippen LogP contribution in [0, 0.1) is 0 Å². The molecule has 2 atom stereocenters. The molecule has 2 aliphatic heterocycles. The van der Waals surface area contributed by atoms with Gasteiger partial charge in [-0.25, -0.2) is 0 Å². The normalized spacial score (nSPS) is 28.8. The molecule has 2 nitrogen and oxygen atoms in total. The van der Waals surface area contributed by atoms with Crippen LogP contribution in [0.3, 0.4) is 0 Å². The van der Waals surface area contributed by atoms with E-state index in [9.17, 15) is 0 Å². The van der Waals surface area contributed by atoms with Gasteiger partial charge in [0.05, 0.1) is 5.37 Å². The van der Waals surface area contributed by atoms with Gasteiger partial charge in [-0.05, 0) is 18.5 Å². The van der Waals surface area contributed by atoms with Gasteiger partial charge in [-0.3, -0.25) is 4.90 Å². The highest BCUT2D eigenvalue weighted by molar-refractivity contribution is 8.00. The van der Waals surface area contributed by atoms with Crippen LogP contribution in [0.25, 0.3) is 0 Å². The van der Waals surface area contributed by atoms with E-state index in [4.69, 9.17) is 0 Å². The highest BCUT2D eigenvalue weighted by atomic mass is 32.2. The third-order valence-electron chi connectivity index (χ3n) is 3.47. The minimum absolute atomic E-state index is 0.733. The molecule has 2 aliphatic rings. The lowest BCUT2D eigenvalue weighted by Crippen LogP contribution is -2.61. The van der Waals surface area contributed by atoms with Crippen molar-refractivity contribution < 1.29 is 0 Å². The SMILES string of the molecule is c1ccc(CCNC2CN3CCSC23)cc1. The Hall–Kier alpha value is -0.510. The van der Waals surface area contributed by atoms with Gasteiger partial charge in [-0.1, -0.05) is 30.3 Å². The first-order valence-electron chi connectivity index (χ1n) is 6.06. The van der Waals surface area contributed by atoms with E-state index in [2.05, 4.69) is 52.3 Å². The van der Waals surface area contributed by atoms with Crippen LogP contribution in [0.4, 0.5) is 0 Å². The van der Waals surface area contributed by atoms with Gasteiger partial charge in [-0.2, -0.15) is 0 Å². The summed E-state index contributed by atoms with van der Waals surface area (Å²) in [4.78, 5) is 2.57. The van der Waals surface area contributed by atoms with Crippen LogP contribution < -0.4 is 5.32 Å². The Labute approximate surface area is 101 Å². The molecule has 0 aromatic heterocycles. The first kappa shape index (κ1) is 10.6. The smallest absolute Gasteiger partial charge is 0.0726 e. The van der Waals surface area contributed by atoms with E-state index in [1.165, 1.54) is 24.4 Å².